The summed E-state index contributed by atoms with van der Waals surface area (Å²) in [5.74, 6) is -0.192. The van der Waals surface area contributed by atoms with E-state index >= 15 is 0 Å². The van der Waals surface area contributed by atoms with Crippen molar-refractivity contribution in [2.75, 3.05) is 5.32 Å². The number of ketones is 1. The molecule has 6 heteroatoms. The second-order valence-corrected chi connectivity index (χ2v) is 7.88. The molecule has 1 N–H and O–H groups in total. The Kier molecular flexibility index (Phi) is 5.03. The number of carbonyl (C=O) groups is 2. The average Bonchev–Trinajstić information content (AvgIpc) is 3.26. The minimum Gasteiger partial charge on any atom is -0.331 e. The molecule has 0 spiro atoms. The molecular formula is C22H17ClN2O2S. The van der Waals surface area contributed by atoms with Gasteiger partial charge in [0.1, 0.15) is 5.69 Å². The molecule has 4 nitrogen and oxygen atoms in total. The number of halogens is 1. The fraction of sp³-hybridized carbons (Fsp3) is 0.0909. The quantitative estimate of drug-likeness (QED) is 0.420. The van der Waals surface area contributed by atoms with Crippen LogP contribution >= 0.6 is 22.9 Å². The lowest BCUT2D eigenvalue weighted by Gasteiger charge is -2.11. The summed E-state index contributed by atoms with van der Waals surface area (Å²) in [7, 11) is 0. The largest absolute Gasteiger partial charge is 0.331 e. The highest BCUT2D eigenvalue weighted by atomic mass is 35.5. The van der Waals surface area contributed by atoms with Gasteiger partial charge in [-0.15, -0.1) is 11.3 Å². The van der Waals surface area contributed by atoms with Crippen LogP contribution in [-0.2, 0) is 6.54 Å². The summed E-state index contributed by atoms with van der Waals surface area (Å²) in [5, 5.41) is 5.63. The lowest BCUT2D eigenvalue weighted by molar-refractivity contribution is 0.101. The SMILES string of the molecule is CC(=O)c1ccc(NC(=O)c2cc3sccc3n2Cc2ccc(Cl)cc2)cc1. The fourth-order valence-electron chi connectivity index (χ4n) is 3.09. The van der Waals surface area contributed by atoms with E-state index in [1.807, 2.05) is 46.3 Å². The molecule has 1 amide bonds. The number of rotatable bonds is 5. The minimum absolute atomic E-state index is 0.00467. The number of thiophene rings is 1. The number of nitrogens with one attached hydrogen (secondary N) is 1. The Balaban J connectivity index is 1.63. The molecule has 0 aliphatic heterocycles. The standard InChI is InChI=1S/C22H17ClN2O2S/c1-14(26)16-4-8-18(9-5-16)24-22(27)20-12-21-19(10-11-28-21)25(20)13-15-2-6-17(23)7-3-15/h2-12H,13H2,1H3,(H,24,27). The first-order valence-electron chi connectivity index (χ1n) is 8.75. The van der Waals surface area contributed by atoms with Gasteiger partial charge in [-0.2, -0.15) is 0 Å². The summed E-state index contributed by atoms with van der Waals surface area (Å²) in [6.45, 7) is 2.09. The van der Waals surface area contributed by atoms with Crippen molar-refractivity contribution in [3.05, 3.63) is 87.9 Å². The van der Waals surface area contributed by atoms with Gasteiger partial charge in [-0.25, -0.2) is 0 Å². The zero-order valence-electron chi connectivity index (χ0n) is 15.1. The molecule has 0 unspecified atom stereocenters. The van der Waals surface area contributed by atoms with Crippen molar-refractivity contribution < 1.29 is 9.59 Å². The molecule has 0 aliphatic carbocycles. The molecule has 2 aromatic heterocycles. The van der Waals surface area contributed by atoms with E-state index in [1.54, 1.807) is 35.6 Å². The van der Waals surface area contributed by atoms with Crippen LogP contribution in [-0.4, -0.2) is 16.3 Å². The highest BCUT2D eigenvalue weighted by Crippen LogP contribution is 2.27. The molecule has 28 heavy (non-hydrogen) atoms. The molecule has 2 heterocycles. The number of hydrogen-bond acceptors (Lipinski definition) is 3. The third-order valence-electron chi connectivity index (χ3n) is 4.56. The number of fused-ring (bicyclic) bond motifs is 1. The van der Waals surface area contributed by atoms with Crippen molar-refractivity contribution in [2.45, 2.75) is 13.5 Å². The van der Waals surface area contributed by atoms with Crippen LogP contribution < -0.4 is 5.32 Å². The van der Waals surface area contributed by atoms with Crippen molar-refractivity contribution in [3.63, 3.8) is 0 Å². The van der Waals surface area contributed by atoms with Crippen LogP contribution in [0.4, 0.5) is 5.69 Å². The van der Waals surface area contributed by atoms with Gasteiger partial charge in [0.25, 0.3) is 5.91 Å². The third-order valence-corrected chi connectivity index (χ3v) is 5.66. The van der Waals surface area contributed by atoms with Crippen molar-refractivity contribution in [3.8, 4) is 0 Å². The Morgan fingerprint density at radius 3 is 2.43 bits per heavy atom. The maximum absolute atomic E-state index is 13.0. The molecule has 2 aromatic carbocycles. The molecular weight excluding hydrogens is 392 g/mol. The van der Waals surface area contributed by atoms with Gasteiger partial charge in [0.15, 0.2) is 5.78 Å². The summed E-state index contributed by atoms with van der Waals surface area (Å²) in [6.07, 6.45) is 0. The van der Waals surface area contributed by atoms with Gasteiger partial charge in [0.05, 0.1) is 10.2 Å². The summed E-state index contributed by atoms with van der Waals surface area (Å²) >= 11 is 7.59. The Morgan fingerprint density at radius 1 is 1.04 bits per heavy atom. The molecule has 4 aromatic rings. The number of Topliss-reactive ketones (excluding diaryl/α,β-unsaturated/α-hetero) is 1. The first-order chi connectivity index (χ1) is 13.5. The monoisotopic (exact) mass is 408 g/mol. The predicted molar refractivity (Wildman–Crippen MR) is 115 cm³/mol. The fourth-order valence-corrected chi connectivity index (χ4v) is 4.04. The lowest BCUT2D eigenvalue weighted by Crippen LogP contribution is -2.17. The van der Waals surface area contributed by atoms with Crippen LogP contribution in [0.5, 0.6) is 0 Å². The first kappa shape index (κ1) is 18.5. The Hall–Kier alpha value is -2.89. The van der Waals surface area contributed by atoms with Crippen LogP contribution in [0, 0.1) is 0 Å². The van der Waals surface area contributed by atoms with Gasteiger partial charge in [0.2, 0.25) is 0 Å². The van der Waals surface area contributed by atoms with Gasteiger partial charge < -0.3 is 9.88 Å². The zero-order valence-corrected chi connectivity index (χ0v) is 16.7. The molecule has 0 atom stereocenters. The van der Waals surface area contributed by atoms with Crippen molar-refractivity contribution in [2.24, 2.45) is 0 Å². The Bertz CT molecular complexity index is 1160. The number of aromatic nitrogens is 1. The molecule has 0 bridgehead atoms. The summed E-state index contributed by atoms with van der Waals surface area (Å²) in [4.78, 5) is 24.4. The highest BCUT2D eigenvalue weighted by Gasteiger charge is 2.17. The molecule has 0 radical (unpaired) electrons. The van der Waals surface area contributed by atoms with E-state index in [0.717, 1.165) is 15.8 Å². The molecule has 0 aliphatic rings. The van der Waals surface area contributed by atoms with E-state index in [4.69, 9.17) is 11.6 Å². The zero-order chi connectivity index (χ0) is 19.7. The molecule has 0 saturated carbocycles. The maximum atomic E-state index is 13.0. The summed E-state index contributed by atoms with van der Waals surface area (Å²) in [5.41, 5.74) is 3.94. The van der Waals surface area contributed by atoms with E-state index < -0.39 is 0 Å². The number of hydrogen-bond donors (Lipinski definition) is 1. The number of nitrogens with zero attached hydrogens (tertiary/aromatic N) is 1. The number of anilines is 1. The third kappa shape index (κ3) is 3.72. The highest BCUT2D eigenvalue weighted by molar-refractivity contribution is 7.17. The van der Waals surface area contributed by atoms with E-state index in [9.17, 15) is 9.59 Å². The Morgan fingerprint density at radius 2 is 1.75 bits per heavy atom. The van der Waals surface area contributed by atoms with Crippen LogP contribution in [0.25, 0.3) is 10.2 Å². The van der Waals surface area contributed by atoms with Crippen LogP contribution in [0.2, 0.25) is 5.02 Å². The van der Waals surface area contributed by atoms with E-state index in [0.29, 0.717) is 28.5 Å². The van der Waals surface area contributed by atoms with Crippen molar-refractivity contribution in [1.82, 2.24) is 4.57 Å². The lowest BCUT2D eigenvalue weighted by atomic mass is 10.1. The van der Waals surface area contributed by atoms with E-state index in [1.165, 1.54) is 6.92 Å². The number of benzene rings is 2. The number of carbonyl (C=O) groups excluding carboxylic acids is 2. The summed E-state index contributed by atoms with van der Waals surface area (Å²) in [6, 6.07) is 18.5. The van der Waals surface area contributed by atoms with Crippen molar-refractivity contribution >= 4 is 50.5 Å². The topological polar surface area (TPSA) is 51.1 Å². The van der Waals surface area contributed by atoms with Gasteiger partial charge in [-0.1, -0.05) is 23.7 Å². The second-order valence-electron chi connectivity index (χ2n) is 6.50. The number of amides is 1. The predicted octanol–water partition coefficient (Wildman–Crippen LogP) is 5.86. The van der Waals surface area contributed by atoms with Gasteiger partial charge in [0, 0.05) is 22.8 Å². The Labute approximate surface area is 171 Å². The first-order valence-corrected chi connectivity index (χ1v) is 10.0. The molecule has 4 rings (SSSR count). The van der Waals surface area contributed by atoms with Crippen LogP contribution in [0.15, 0.2) is 66.0 Å². The van der Waals surface area contributed by atoms with Crippen LogP contribution in [0.1, 0.15) is 33.3 Å². The second kappa shape index (κ2) is 7.62. The normalized spacial score (nSPS) is 10.9. The van der Waals surface area contributed by atoms with E-state index in [2.05, 4.69) is 5.32 Å². The van der Waals surface area contributed by atoms with E-state index in [-0.39, 0.29) is 11.7 Å². The minimum atomic E-state index is -0.187. The van der Waals surface area contributed by atoms with Crippen LogP contribution in [0.3, 0.4) is 0 Å². The van der Waals surface area contributed by atoms with Gasteiger partial charge in [-0.3, -0.25) is 9.59 Å². The molecule has 0 saturated heterocycles. The average molecular weight is 409 g/mol. The summed E-state index contributed by atoms with van der Waals surface area (Å²) < 4.78 is 3.07. The molecule has 0 fully saturated rings. The van der Waals surface area contributed by atoms with Gasteiger partial charge >= 0.3 is 0 Å². The molecule has 140 valence electrons. The van der Waals surface area contributed by atoms with Gasteiger partial charge in [-0.05, 0) is 66.4 Å². The van der Waals surface area contributed by atoms with Crippen molar-refractivity contribution in [1.29, 1.82) is 0 Å². The maximum Gasteiger partial charge on any atom is 0.272 e. The smallest absolute Gasteiger partial charge is 0.272 e.